The van der Waals surface area contributed by atoms with Crippen LogP contribution < -0.4 is 9.47 Å². The summed E-state index contributed by atoms with van der Waals surface area (Å²) < 4.78 is 11.0. The fourth-order valence-corrected chi connectivity index (χ4v) is 4.38. The largest absolute Gasteiger partial charge is 0.497 e. The van der Waals surface area contributed by atoms with Crippen molar-refractivity contribution in [1.82, 2.24) is 4.90 Å². The first-order valence-electron chi connectivity index (χ1n) is 8.94. The Bertz CT molecular complexity index is 905. The van der Waals surface area contributed by atoms with Gasteiger partial charge in [0.05, 0.1) is 13.2 Å². The lowest BCUT2D eigenvalue weighted by molar-refractivity contribution is -0.135. The second-order valence-corrected chi connectivity index (χ2v) is 7.41. The van der Waals surface area contributed by atoms with Crippen LogP contribution >= 0.6 is 11.3 Å². The van der Waals surface area contributed by atoms with E-state index in [0.29, 0.717) is 12.3 Å². The van der Waals surface area contributed by atoms with E-state index in [9.17, 15) is 4.79 Å². The molecule has 0 saturated heterocycles. The van der Waals surface area contributed by atoms with Gasteiger partial charge < -0.3 is 14.4 Å². The Hall–Kier alpha value is -2.79. The van der Waals surface area contributed by atoms with E-state index in [4.69, 9.17) is 9.47 Å². The molecular formula is C22H21NO3S. The molecule has 27 heavy (non-hydrogen) atoms. The number of nitrogens with zero attached hydrogens (tertiary/aromatic N) is 1. The number of methoxy groups -OCH3 is 1. The number of thiophene rings is 1. The molecule has 3 aromatic rings. The van der Waals surface area contributed by atoms with E-state index in [1.165, 1.54) is 10.4 Å². The van der Waals surface area contributed by atoms with E-state index in [1.54, 1.807) is 18.4 Å². The second-order valence-electron chi connectivity index (χ2n) is 6.41. The van der Waals surface area contributed by atoms with Gasteiger partial charge in [0, 0.05) is 11.4 Å². The van der Waals surface area contributed by atoms with Crippen molar-refractivity contribution < 1.29 is 14.3 Å². The van der Waals surface area contributed by atoms with Crippen molar-refractivity contribution in [3.63, 3.8) is 0 Å². The third kappa shape index (κ3) is 3.69. The van der Waals surface area contributed by atoms with E-state index < -0.39 is 0 Å². The van der Waals surface area contributed by atoms with Gasteiger partial charge in [-0.15, -0.1) is 11.3 Å². The SMILES string of the molecule is COc1ccc(C2c3ccsc3CCN2C(=O)COc2ccccc2)cc1. The lowest BCUT2D eigenvalue weighted by Crippen LogP contribution is -2.42. The third-order valence-electron chi connectivity index (χ3n) is 4.82. The van der Waals surface area contributed by atoms with Crippen LogP contribution in [0, 0.1) is 0 Å². The highest BCUT2D eigenvalue weighted by atomic mass is 32.1. The number of benzene rings is 2. The number of amides is 1. The van der Waals surface area contributed by atoms with Crippen LogP contribution in [0.3, 0.4) is 0 Å². The van der Waals surface area contributed by atoms with Crippen molar-refractivity contribution >= 4 is 17.2 Å². The summed E-state index contributed by atoms with van der Waals surface area (Å²) in [5, 5.41) is 2.11. The monoisotopic (exact) mass is 379 g/mol. The molecule has 0 fully saturated rings. The van der Waals surface area contributed by atoms with E-state index in [2.05, 4.69) is 11.4 Å². The predicted octanol–water partition coefficient (Wildman–Crippen LogP) is 4.31. The summed E-state index contributed by atoms with van der Waals surface area (Å²) in [7, 11) is 1.66. The maximum atomic E-state index is 13.0. The molecule has 0 radical (unpaired) electrons. The normalized spacial score (nSPS) is 15.9. The van der Waals surface area contributed by atoms with Gasteiger partial charge in [0.1, 0.15) is 11.5 Å². The molecule has 1 aliphatic rings. The Morgan fingerprint density at radius 2 is 1.85 bits per heavy atom. The zero-order valence-corrected chi connectivity index (χ0v) is 15.9. The molecule has 4 rings (SSSR count). The number of ether oxygens (including phenoxy) is 2. The minimum absolute atomic E-state index is 0.00322. The van der Waals surface area contributed by atoms with Crippen molar-refractivity contribution in [2.24, 2.45) is 0 Å². The summed E-state index contributed by atoms with van der Waals surface area (Å²) in [4.78, 5) is 16.3. The van der Waals surface area contributed by atoms with Crippen molar-refractivity contribution in [2.45, 2.75) is 12.5 Å². The summed E-state index contributed by atoms with van der Waals surface area (Å²) in [5.41, 5.74) is 2.30. The number of hydrogen-bond donors (Lipinski definition) is 0. The first kappa shape index (κ1) is 17.6. The van der Waals surface area contributed by atoms with E-state index >= 15 is 0 Å². The first-order chi connectivity index (χ1) is 13.3. The molecule has 1 aromatic heterocycles. The van der Waals surface area contributed by atoms with E-state index in [0.717, 1.165) is 17.7 Å². The lowest BCUT2D eigenvalue weighted by atomic mass is 9.93. The first-order valence-corrected chi connectivity index (χ1v) is 9.82. The van der Waals surface area contributed by atoms with Crippen LogP contribution in [-0.4, -0.2) is 31.1 Å². The Morgan fingerprint density at radius 3 is 2.59 bits per heavy atom. The van der Waals surface area contributed by atoms with Crippen LogP contribution in [0.5, 0.6) is 11.5 Å². The summed E-state index contributed by atoms with van der Waals surface area (Å²) in [5.74, 6) is 1.52. The number of para-hydroxylation sites is 1. The molecular weight excluding hydrogens is 358 g/mol. The van der Waals surface area contributed by atoms with Crippen LogP contribution in [0.15, 0.2) is 66.0 Å². The van der Waals surface area contributed by atoms with Crippen molar-refractivity contribution in [3.8, 4) is 11.5 Å². The van der Waals surface area contributed by atoms with Crippen LogP contribution in [-0.2, 0) is 11.2 Å². The van der Waals surface area contributed by atoms with Crippen LogP contribution in [0.4, 0.5) is 0 Å². The maximum Gasteiger partial charge on any atom is 0.261 e. The summed E-state index contributed by atoms with van der Waals surface area (Å²) in [6.07, 6.45) is 0.886. The molecule has 5 heteroatoms. The van der Waals surface area contributed by atoms with Gasteiger partial charge in [-0.1, -0.05) is 30.3 Å². The Morgan fingerprint density at radius 1 is 1.07 bits per heavy atom. The average molecular weight is 379 g/mol. The van der Waals surface area contributed by atoms with Gasteiger partial charge in [0.15, 0.2) is 6.61 Å². The fraction of sp³-hybridized carbons (Fsp3) is 0.227. The van der Waals surface area contributed by atoms with Crippen LogP contribution in [0.25, 0.3) is 0 Å². The van der Waals surface area contributed by atoms with Gasteiger partial charge in [-0.3, -0.25) is 4.79 Å². The van der Waals surface area contributed by atoms with Crippen molar-refractivity contribution in [3.05, 3.63) is 82.0 Å². The van der Waals surface area contributed by atoms with Gasteiger partial charge in [0.2, 0.25) is 0 Å². The molecule has 0 aliphatic carbocycles. The smallest absolute Gasteiger partial charge is 0.261 e. The van der Waals surface area contributed by atoms with E-state index in [-0.39, 0.29) is 18.6 Å². The maximum absolute atomic E-state index is 13.0. The van der Waals surface area contributed by atoms with Gasteiger partial charge in [-0.25, -0.2) is 0 Å². The van der Waals surface area contributed by atoms with Gasteiger partial charge in [-0.05, 0) is 53.3 Å². The van der Waals surface area contributed by atoms with Crippen LogP contribution in [0.2, 0.25) is 0 Å². The van der Waals surface area contributed by atoms with Gasteiger partial charge in [0.25, 0.3) is 5.91 Å². The highest BCUT2D eigenvalue weighted by Gasteiger charge is 2.32. The topological polar surface area (TPSA) is 38.8 Å². The highest BCUT2D eigenvalue weighted by molar-refractivity contribution is 7.10. The molecule has 0 spiro atoms. The lowest BCUT2D eigenvalue weighted by Gasteiger charge is -2.36. The van der Waals surface area contributed by atoms with Crippen molar-refractivity contribution in [1.29, 1.82) is 0 Å². The Kier molecular flexibility index (Phi) is 5.12. The highest BCUT2D eigenvalue weighted by Crippen LogP contribution is 2.38. The summed E-state index contributed by atoms with van der Waals surface area (Å²) >= 11 is 1.76. The Balaban J connectivity index is 1.59. The molecule has 1 atom stereocenters. The number of fused-ring (bicyclic) bond motifs is 1. The molecule has 1 aliphatic heterocycles. The summed E-state index contributed by atoms with van der Waals surface area (Å²) in [6.45, 7) is 0.733. The van der Waals surface area contributed by atoms with E-state index in [1.807, 2.05) is 59.5 Å². The van der Waals surface area contributed by atoms with Crippen molar-refractivity contribution in [2.75, 3.05) is 20.3 Å². The molecule has 138 valence electrons. The number of carbonyl (C=O) groups excluding carboxylic acids is 1. The Labute approximate surface area is 163 Å². The quantitative estimate of drug-likeness (QED) is 0.663. The molecule has 2 heterocycles. The molecule has 0 N–H and O–H groups in total. The second kappa shape index (κ2) is 7.84. The fourth-order valence-electron chi connectivity index (χ4n) is 3.48. The summed E-state index contributed by atoms with van der Waals surface area (Å²) in [6, 6.07) is 19.5. The molecule has 4 nitrogen and oxygen atoms in total. The standard InChI is InChI=1S/C22H21NO3S/c1-25-17-9-7-16(8-10-17)22-19-12-14-27-20(19)11-13-23(22)21(24)15-26-18-5-3-2-4-6-18/h2-10,12,14,22H,11,13,15H2,1H3. The number of rotatable bonds is 5. The molecule has 0 bridgehead atoms. The van der Waals surface area contributed by atoms with Gasteiger partial charge >= 0.3 is 0 Å². The zero-order valence-electron chi connectivity index (χ0n) is 15.1. The number of carbonyl (C=O) groups is 1. The molecule has 1 amide bonds. The minimum Gasteiger partial charge on any atom is -0.497 e. The van der Waals surface area contributed by atoms with Crippen LogP contribution in [0.1, 0.15) is 22.0 Å². The predicted molar refractivity (Wildman–Crippen MR) is 107 cm³/mol. The van der Waals surface area contributed by atoms with Gasteiger partial charge in [-0.2, -0.15) is 0 Å². The average Bonchev–Trinajstić information content (AvgIpc) is 3.21. The molecule has 0 saturated carbocycles. The number of hydrogen-bond acceptors (Lipinski definition) is 4. The minimum atomic E-state index is -0.0854. The molecule has 1 unspecified atom stereocenters. The third-order valence-corrected chi connectivity index (χ3v) is 5.82. The zero-order chi connectivity index (χ0) is 18.6. The molecule has 2 aromatic carbocycles.